The van der Waals surface area contributed by atoms with Crippen LogP contribution in [0.15, 0.2) is 24.3 Å². The first-order chi connectivity index (χ1) is 7.11. The number of hydrogen-bond acceptors (Lipinski definition) is 3. The van der Waals surface area contributed by atoms with Crippen molar-refractivity contribution in [3.05, 3.63) is 35.8 Å². The molecular weight excluding hydrogens is 201 g/mol. The van der Waals surface area contributed by atoms with Gasteiger partial charge in [-0.3, -0.25) is 0 Å². The molecular formula is C10H6FNO3. The number of carboxylic acids is 1. The van der Waals surface area contributed by atoms with Crippen molar-refractivity contribution in [1.82, 2.24) is 4.98 Å². The number of aromatic nitrogens is 1. The number of pyridine rings is 1. The molecule has 0 spiro atoms. The van der Waals surface area contributed by atoms with Crippen LogP contribution in [0.4, 0.5) is 4.39 Å². The Morgan fingerprint density at radius 1 is 1.33 bits per heavy atom. The first-order valence-electron chi connectivity index (χ1n) is 4.11. The zero-order chi connectivity index (χ0) is 11.0. The maximum Gasteiger partial charge on any atom is 0.340 e. The zero-order valence-electron chi connectivity index (χ0n) is 7.44. The third kappa shape index (κ3) is 1.38. The molecule has 15 heavy (non-hydrogen) atoms. The van der Waals surface area contributed by atoms with E-state index in [2.05, 4.69) is 4.98 Å². The lowest BCUT2D eigenvalue weighted by atomic mass is 10.1. The number of hydrogen-bond donors (Lipinski definition) is 2. The van der Waals surface area contributed by atoms with Crippen molar-refractivity contribution in [2.75, 3.05) is 0 Å². The van der Waals surface area contributed by atoms with Gasteiger partial charge in [-0.05, 0) is 6.07 Å². The number of para-hydroxylation sites is 1. The lowest BCUT2D eigenvalue weighted by molar-refractivity contribution is 0.0695. The van der Waals surface area contributed by atoms with Crippen LogP contribution in [0.25, 0.3) is 10.9 Å². The van der Waals surface area contributed by atoms with Crippen molar-refractivity contribution in [3.8, 4) is 5.75 Å². The fourth-order valence-corrected chi connectivity index (χ4v) is 1.39. The Bertz CT molecular complexity index is 554. The van der Waals surface area contributed by atoms with Crippen LogP contribution >= 0.6 is 0 Å². The molecule has 2 rings (SSSR count). The minimum Gasteiger partial charge on any atom is -0.503 e. The standard InChI is InChI=1S/C10H6FNO3/c11-9-8(13)7(10(14)15)5-3-1-2-4-6(5)12-9/h1-4,13H,(H,14,15). The third-order valence-electron chi connectivity index (χ3n) is 2.04. The molecule has 0 amide bonds. The summed E-state index contributed by atoms with van der Waals surface area (Å²) >= 11 is 0. The molecule has 0 saturated heterocycles. The minimum absolute atomic E-state index is 0.199. The molecule has 4 nitrogen and oxygen atoms in total. The summed E-state index contributed by atoms with van der Waals surface area (Å²) in [5.41, 5.74) is -0.261. The van der Waals surface area contributed by atoms with E-state index in [1.54, 1.807) is 12.1 Å². The number of nitrogens with zero attached hydrogens (tertiary/aromatic N) is 1. The highest BCUT2D eigenvalue weighted by Gasteiger charge is 2.19. The molecule has 0 aliphatic heterocycles. The van der Waals surface area contributed by atoms with Gasteiger partial charge in [-0.15, -0.1) is 0 Å². The molecule has 1 aromatic carbocycles. The van der Waals surface area contributed by atoms with Gasteiger partial charge in [0, 0.05) is 5.39 Å². The number of carbonyl (C=O) groups is 1. The van der Waals surface area contributed by atoms with Crippen molar-refractivity contribution >= 4 is 16.9 Å². The predicted octanol–water partition coefficient (Wildman–Crippen LogP) is 1.78. The monoisotopic (exact) mass is 207 g/mol. The molecule has 0 bridgehead atoms. The van der Waals surface area contributed by atoms with Gasteiger partial charge in [0.25, 0.3) is 5.95 Å². The first-order valence-corrected chi connectivity index (χ1v) is 4.11. The lowest BCUT2D eigenvalue weighted by Crippen LogP contribution is -2.01. The molecule has 0 saturated carbocycles. The fraction of sp³-hybridized carbons (Fsp3) is 0. The molecule has 0 aliphatic rings. The number of benzene rings is 1. The number of aromatic hydroxyl groups is 1. The van der Waals surface area contributed by atoms with Crippen LogP contribution in [-0.2, 0) is 0 Å². The van der Waals surface area contributed by atoms with Crippen molar-refractivity contribution in [2.24, 2.45) is 0 Å². The van der Waals surface area contributed by atoms with Gasteiger partial charge < -0.3 is 10.2 Å². The minimum atomic E-state index is -1.38. The van der Waals surface area contributed by atoms with Crippen LogP contribution in [0, 0.1) is 5.95 Å². The van der Waals surface area contributed by atoms with Gasteiger partial charge in [0.1, 0.15) is 5.56 Å². The first kappa shape index (κ1) is 9.39. The molecule has 1 aromatic heterocycles. The van der Waals surface area contributed by atoms with Gasteiger partial charge in [-0.25, -0.2) is 9.78 Å². The SMILES string of the molecule is O=C(O)c1c(O)c(F)nc2ccccc12. The quantitative estimate of drug-likeness (QED) is 0.699. The van der Waals surface area contributed by atoms with E-state index in [1.807, 2.05) is 0 Å². The van der Waals surface area contributed by atoms with Gasteiger partial charge in [0.15, 0.2) is 5.75 Å². The van der Waals surface area contributed by atoms with Crippen LogP contribution in [-0.4, -0.2) is 21.2 Å². The lowest BCUT2D eigenvalue weighted by Gasteiger charge is -2.04. The summed E-state index contributed by atoms with van der Waals surface area (Å²) in [7, 11) is 0. The second-order valence-corrected chi connectivity index (χ2v) is 2.95. The normalized spacial score (nSPS) is 10.5. The van der Waals surface area contributed by atoms with Crippen LogP contribution < -0.4 is 0 Å². The maximum absolute atomic E-state index is 13.0. The summed E-state index contributed by atoms with van der Waals surface area (Å²) in [5.74, 6) is -3.49. The number of fused-ring (bicyclic) bond motifs is 1. The third-order valence-corrected chi connectivity index (χ3v) is 2.04. The number of rotatable bonds is 1. The highest BCUT2D eigenvalue weighted by molar-refractivity contribution is 6.04. The van der Waals surface area contributed by atoms with Crippen LogP contribution in [0.1, 0.15) is 10.4 Å². The summed E-state index contributed by atoms with van der Waals surface area (Å²) in [4.78, 5) is 14.3. The molecule has 0 atom stereocenters. The molecule has 5 heteroatoms. The van der Waals surface area contributed by atoms with Crippen LogP contribution in [0.3, 0.4) is 0 Å². The summed E-state index contributed by atoms with van der Waals surface area (Å²) in [6, 6.07) is 6.14. The summed E-state index contributed by atoms with van der Waals surface area (Å²) in [5, 5.41) is 18.3. The number of aromatic carboxylic acids is 1. The van der Waals surface area contributed by atoms with Crippen molar-refractivity contribution < 1.29 is 19.4 Å². The highest BCUT2D eigenvalue weighted by Crippen LogP contribution is 2.27. The number of halogens is 1. The van der Waals surface area contributed by atoms with Gasteiger partial charge in [-0.2, -0.15) is 4.39 Å². The summed E-state index contributed by atoms with van der Waals surface area (Å²) in [6.07, 6.45) is 0. The Morgan fingerprint density at radius 3 is 2.67 bits per heavy atom. The van der Waals surface area contributed by atoms with Crippen LogP contribution in [0.5, 0.6) is 5.75 Å². The zero-order valence-corrected chi connectivity index (χ0v) is 7.44. The fourth-order valence-electron chi connectivity index (χ4n) is 1.39. The van der Waals surface area contributed by atoms with E-state index in [4.69, 9.17) is 5.11 Å². The van der Waals surface area contributed by atoms with E-state index in [1.165, 1.54) is 12.1 Å². The number of carboxylic acid groups (broad SMARTS) is 1. The average molecular weight is 207 g/mol. The smallest absolute Gasteiger partial charge is 0.340 e. The predicted molar refractivity (Wildman–Crippen MR) is 50.3 cm³/mol. The van der Waals surface area contributed by atoms with Gasteiger partial charge in [0.2, 0.25) is 0 Å². The van der Waals surface area contributed by atoms with Crippen molar-refractivity contribution in [1.29, 1.82) is 0 Å². The van der Waals surface area contributed by atoms with Crippen LogP contribution in [0.2, 0.25) is 0 Å². The second-order valence-electron chi connectivity index (χ2n) is 2.95. The molecule has 0 unspecified atom stereocenters. The Labute approximate surface area is 83.6 Å². The highest BCUT2D eigenvalue weighted by atomic mass is 19.1. The molecule has 76 valence electrons. The van der Waals surface area contributed by atoms with E-state index in [-0.39, 0.29) is 10.9 Å². The molecule has 0 aliphatic carbocycles. The Balaban J connectivity index is 2.95. The van der Waals surface area contributed by atoms with Crippen molar-refractivity contribution in [2.45, 2.75) is 0 Å². The van der Waals surface area contributed by atoms with E-state index < -0.39 is 23.2 Å². The molecule has 0 radical (unpaired) electrons. The molecule has 0 fully saturated rings. The van der Waals surface area contributed by atoms with E-state index in [0.717, 1.165) is 0 Å². The Morgan fingerprint density at radius 2 is 2.00 bits per heavy atom. The summed E-state index contributed by atoms with van der Waals surface area (Å²) < 4.78 is 13.0. The topological polar surface area (TPSA) is 70.4 Å². The molecule has 2 N–H and O–H groups in total. The molecule has 1 heterocycles. The van der Waals surface area contributed by atoms with Gasteiger partial charge in [-0.1, -0.05) is 18.2 Å². The molecule has 2 aromatic rings. The van der Waals surface area contributed by atoms with E-state index in [9.17, 15) is 14.3 Å². The average Bonchev–Trinajstić information content (AvgIpc) is 2.19. The Hall–Kier alpha value is -2.17. The van der Waals surface area contributed by atoms with E-state index in [0.29, 0.717) is 0 Å². The summed E-state index contributed by atoms with van der Waals surface area (Å²) in [6.45, 7) is 0. The van der Waals surface area contributed by atoms with Gasteiger partial charge >= 0.3 is 5.97 Å². The second kappa shape index (κ2) is 3.20. The largest absolute Gasteiger partial charge is 0.503 e. The Kier molecular flexibility index (Phi) is 2.00. The van der Waals surface area contributed by atoms with E-state index >= 15 is 0 Å². The van der Waals surface area contributed by atoms with Gasteiger partial charge in [0.05, 0.1) is 5.52 Å². The van der Waals surface area contributed by atoms with Crippen molar-refractivity contribution in [3.63, 3.8) is 0 Å². The maximum atomic E-state index is 13.0.